The van der Waals surface area contributed by atoms with Crippen molar-refractivity contribution in [2.24, 2.45) is 0 Å². The minimum Gasteiger partial charge on any atom is -0.504 e. The SMILES string of the molecule is CC(C)(C)OC(=O)N[CH]c1cc(-c2ccccc2)cc(O)c1O. The molecule has 0 bridgehead atoms. The van der Waals surface area contributed by atoms with Gasteiger partial charge in [0.15, 0.2) is 11.5 Å². The summed E-state index contributed by atoms with van der Waals surface area (Å²) in [6, 6.07) is 12.6. The summed E-state index contributed by atoms with van der Waals surface area (Å²) in [6.07, 6.45) is -0.637. The normalized spacial score (nSPS) is 11.1. The van der Waals surface area contributed by atoms with Crippen molar-refractivity contribution in [1.29, 1.82) is 0 Å². The van der Waals surface area contributed by atoms with E-state index in [1.165, 1.54) is 12.6 Å². The average Bonchev–Trinajstić information content (AvgIpc) is 2.47. The van der Waals surface area contributed by atoms with Crippen molar-refractivity contribution in [2.75, 3.05) is 0 Å². The largest absolute Gasteiger partial charge is 0.504 e. The van der Waals surface area contributed by atoms with Gasteiger partial charge < -0.3 is 20.3 Å². The average molecular weight is 314 g/mol. The fraction of sp³-hybridized carbons (Fsp3) is 0.222. The van der Waals surface area contributed by atoms with Crippen LogP contribution >= 0.6 is 0 Å². The summed E-state index contributed by atoms with van der Waals surface area (Å²) in [5.74, 6) is -0.565. The van der Waals surface area contributed by atoms with Crippen molar-refractivity contribution in [3.8, 4) is 22.6 Å². The van der Waals surface area contributed by atoms with Crippen LogP contribution in [0.3, 0.4) is 0 Å². The molecule has 121 valence electrons. The highest BCUT2D eigenvalue weighted by atomic mass is 16.6. The number of hydrogen-bond donors (Lipinski definition) is 3. The first-order valence-corrected chi connectivity index (χ1v) is 7.20. The summed E-state index contributed by atoms with van der Waals surface area (Å²) in [4.78, 5) is 11.7. The molecule has 0 saturated carbocycles. The first-order chi connectivity index (χ1) is 10.8. The van der Waals surface area contributed by atoms with E-state index in [4.69, 9.17) is 4.74 Å². The van der Waals surface area contributed by atoms with Gasteiger partial charge in [-0.3, -0.25) is 0 Å². The first-order valence-electron chi connectivity index (χ1n) is 7.20. The van der Waals surface area contributed by atoms with Crippen molar-refractivity contribution in [2.45, 2.75) is 26.4 Å². The molecule has 0 unspecified atom stereocenters. The minimum absolute atomic E-state index is 0.261. The number of hydrogen-bond acceptors (Lipinski definition) is 4. The lowest BCUT2D eigenvalue weighted by Crippen LogP contribution is -2.31. The van der Waals surface area contributed by atoms with E-state index in [-0.39, 0.29) is 17.1 Å². The van der Waals surface area contributed by atoms with E-state index >= 15 is 0 Å². The third-order valence-corrected chi connectivity index (χ3v) is 2.97. The summed E-state index contributed by atoms with van der Waals surface area (Å²) >= 11 is 0. The van der Waals surface area contributed by atoms with E-state index in [1.807, 2.05) is 30.3 Å². The minimum atomic E-state index is -0.637. The van der Waals surface area contributed by atoms with Crippen LogP contribution in [0.4, 0.5) is 4.79 Å². The number of nitrogens with one attached hydrogen (secondary N) is 1. The van der Waals surface area contributed by atoms with Gasteiger partial charge in [-0.05, 0) is 44.0 Å². The van der Waals surface area contributed by atoms with Crippen LogP contribution in [0.25, 0.3) is 11.1 Å². The third-order valence-electron chi connectivity index (χ3n) is 2.97. The van der Waals surface area contributed by atoms with Gasteiger partial charge in [-0.25, -0.2) is 4.79 Å². The Labute approximate surface area is 135 Å². The molecule has 0 aliphatic rings. The maximum Gasteiger partial charge on any atom is 0.408 e. The number of phenols is 2. The molecular formula is C18H20NO4. The number of rotatable bonds is 3. The van der Waals surface area contributed by atoms with Crippen molar-refractivity contribution in [3.63, 3.8) is 0 Å². The van der Waals surface area contributed by atoms with Gasteiger partial charge in [-0.1, -0.05) is 30.3 Å². The third kappa shape index (κ3) is 4.64. The molecule has 0 saturated heterocycles. The quantitative estimate of drug-likeness (QED) is 0.753. The molecule has 5 heteroatoms. The molecule has 5 nitrogen and oxygen atoms in total. The lowest BCUT2D eigenvalue weighted by atomic mass is 10.0. The topological polar surface area (TPSA) is 78.8 Å². The second kappa shape index (κ2) is 6.60. The molecule has 0 aliphatic heterocycles. The Hall–Kier alpha value is -2.69. The zero-order valence-corrected chi connectivity index (χ0v) is 13.3. The van der Waals surface area contributed by atoms with Crippen LogP contribution in [0.15, 0.2) is 42.5 Å². The van der Waals surface area contributed by atoms with Crippen molar-refractivity contribution >= 4 is 6.09 Å². The van der Waals surface area contributed by atoms with E-state index < -0.39 is 11.7 Å². The number of carbonyl (C=O) groups excluding carboxylic acids is 1. The Morgan fingerprint density at radius 3 is 2.35 bits per heavy atom. The van der Waals surface area contributed by atoms with Crippen molar-refractivity contribution in [1.82, 2.24) is 5.32 Å². The molecular weight excluding hydrogens is 294 g/mol. The fourth-order valence-electron chi connectivity index (χ4n) is 1.99. The molecule has 0 fully saturated rings. The number of benzene rings is 2. The molecule has 0 aliphatic carbocycles. The van der Waals surface area contributed by atoms with Crippen LogP contribution in [0, 0.1) is 6.54 Å². The molecule has 0 atom stereocenters. The summed E-state index contributed by atoms with van der Waals surface area (Å²) < 4.78 is 5.12. The molecule has 2 rings (SSSR count). The van der Waals surface area contributed by atoms with Crippen LogP contribution < -0.4 is 5.32 Å². The highest BCUT2D eigenvalue weighted by Crippen LogP contribution is 2.35. The second-order valence-corrected chi connectivity index (χ2v) is 6.09. The summed E-state index contributed by atoms with van der Waals surface area (Å²) in [5, 5.41) is 22.3. The highest BCUT2D eigenvalue weighted by molar-refractivity contribution is 5.72. The number of carbonyl (C=O) groups is 1. The molecule has 2 aromatic rings. The van der Waals surface area contributed by atoms with Gasteiger partial charge in [0.2, 0.25) is 0 Å². The Balaban J connectivity index is 2.19. The molecule has 1 amide bonds. The van der Waals surface area contributed by atoms with E-state index in [0.29, 0.717) is 0 Å². The zero-order chi connectivity index (χ0) is 17.0. The monoisotopic (exact) mass is 314 g/mol. The number of ether oxygens (including phenoxy) is 1. The molecule has 0 heterocycles. The number of aromatic hydroxyl groups is 2. The zero-order valence-electron chi connectivity index (χ0n) is 13.3. The van der Waals surface area contributed by atoms with Crippen LogP contribution in [0.2, 0.25) is 0 Å². The number of amides is 1. The maximum absolute atomic E-state index is 11.7. The Bertz CT molecular complexity index is 690. The van der Waals surface area contributed by atoms with Crippen LogP contribution in [0.5, 0.6) is 11.5 Å². The molecule has 3 N–H and O–H groups in total. The Morgan fingerprint density at radius 1 is 1.09 bits per heavy atom. The van der Waals surface area contributed by atoms with E-state index in [2.05, 4.69) is 5.32 Å². The predicted octanol–water partition coefficient (Wildman–Crippen LogP) is 3.80. The number of alkyl carbamates (subject to hydrolysis) is 1. The van der Waals surface area contributed by atoms with Gasteiger partial charge >= 0.3 is 6.09 Å². The standard InChI is InChI=1S/C18H20NO4/c1-18(2,3)23-17(22)19-11-14-9-13(10-15(20)16(14)21)12-7-5-4-6-8-12/h4-11,20-21H,1-3H3,(H,19,22). The van der Waals surface area contributed by atoms with E-state index in [0.717, 1.165) is 11.1 Å². The fourth-order valence-corrected chi connectivity index (χ4v) is 1.99. The maximum atomic E-state index is 11.7. The summed E-state index contributed by atoms with van der Waals surface area (Å²) in [5.41, 5.74) is 1.27. The smallest absolute Gasteiger partial charge is 0.408 e. The van der Waals surface area contributed by atoms with Crippen LogP contribution in [0.1, 0.15) is 26.3 Å². The Morgan fingerprint density at radius 2 is 1.74 bits per heavy atom. The first kappa shape index (κ1) is 16.7. The van der Waals surface area contributed by atoms with E-state index in [9.17, 15) is 15.0 Å². The van der Waals surface area contributed by atoms with E-state index in [1.54, 1.807) is 26.8 Å². The molecule has 2 aromatic carbocycles. The van der Waals surface area contributed by atoms with Crippen LogP contribution in [-0.4, -0.2) is 21.9 Å². The van der Waals surface area contributed by atoms with Crippen molar-refractivity contribution < 1.29 is 19.7 Å². The van der Waals surface area contributed by atoms with Gasteiger partial charge in [0.25, 0.3) is 0 Å². The summed E-state index contributed by atoms with van der Waals surface area (Å²) in [7, 11) is 0. The van der Waals surface area contributed by atoms with Crippen molar-refractivity contribution in [3.05, 3.63) is 54.6 Å². The molecule has 0 spiro atoms. The highest BCUT2D eigenvalue weighted by Gasteiger charge is 2.17. The number of phenolic OH excluding ortho intramolecular Hbond substituents is 2. The predicted molar refractivity (Wildman–Crippen MR) is 88.0 cm³/mol. The van der Waals surface area contributed by atoms with Gasteiger partial charge in [0, 0.05) is 5.56 Å². The summed E-state index contributed by atoms with van der Waals surface area (Å²) in [6.45, 7) is 6.57. The molecule has 23 heavy (non-hydrogen) atoms. The van der Waals surface area contributed by atoms with Gasteiger partial charge in [-0.2, -0.15) is 0 Å². The van der Waals surface area contributed by atoms with Gasteiger partial charge in [0.05, 0.1) is 6.54 Å². The second-order valence-electron chi connectivity index (χ2n) is 6.09. The lowest BCUT2D eigenvalue weighted by molar-refractivity contribution is 0.0545. The molecule has 0 aromatic heterocycles. The van der Waals surface area contributed by atoms with Gasteiger partial charge in [0.1, 0.15) is 5.60 Å². The Kier molecular flexibility index (Phi) is 4.79. The van der Waals surface area contributed by atoms with Gasteiger partial charge in [-0.15, -0.1) is 0 Å². The molecule has 1 radical (unpaired) electrons. The lowest BCUT2D eigenvalue weighted by Gasteiger charge is -2.19. The van der Waals surface area contributed by atoms with Crippen LogP contribution in [-0.2, 0) is 4.74 Å².